The van der Waals surface area contributed by atoms with E-state index in [1.165, 1.54) is 96.3 Å². The quantitative estimate of drug-likeness (QED) is 0.0197. The Labute approximate surface area is 453 Å². The van der Waals surface area contributed by atoms with Crippen LogP contribution in [0.4, 0.5) is 0 Å². The molecule has 0 aliphatic carbocycles. The molecular weight excluding hydrogens is 952 g/mol. The van der Waals surface area contributed by atoms with Gasteiger partial charge in [-0.05, 0) is 109 Å². The standard InChI is InChI=1S/C62H111O11P/c1-4-7-10-13-16-19-22-25-28-29-32-35-38-41-44-47-50-53-62(66)73-59(55-69-60(64)51-48-45-42-39-36-33-30-26-23-20-17-14-11-8-5-2)57-71-74(67,68)70-56-58(54-63)72-61(65)52-49-46-43-40-37-34-31-27-24-21-18-15-12-9-6-3/h16-17,19-20,25-28,30-31,58-59,63H,4-15,18,21-24,29,32-57H2,1-3H3,(H,67,68)/b19-16-,20-17-,28-25-,30-26-,31-27-. The smallest absolute Gasteiger partial charge is 0.462 e. The number of unbranched alkanes of at least 4 members (excludes halogenated alkanes) is 29. The highest BCUT2D eigenvalue weighted by atomic mass is 31.2. The summed E-state index contributed by atoms with van der Waals surface area (Å²) in [4.78, 5) is 48.6. The number of rotatable bonds is 56. The van der Waals surface area contributed by atoms with Crippen LogP contribution < -0.4 is 0 Å². The van der Waals surface area contributed by atoms with Crippen molar-refractivity contribution in [2.24, 2.45) is 0 Å². The number of hydrogen-bond donors (Lipinski definition) is 2. The van der Waals surface area contributed by atoms with Crippen molar-refractivity contribution < 1.29 is 52.2 Å². The van der Waals surface area contributed by atoms with E-state index in [9.17, 15) is 28.9 Å². The number of hydrogen-bond acceptors (Lipinski definition) is 10. The number of carbonyl (C=O) groups is 3. The van der Waals surface area contributed by atoms with E-state index in [0.717, 1.165) is 122 Å². The molecule has 0 spiro atoms. The fourth-order valence-electron chi connectivity index (χ4n) is 8.23. The lowest BCUT2D eigenvalue weighted by atomic mass is 10.1. The van der Waals surface area contributed by atoms with E-state index in [-0.39, 0.29) is 25.9 Å². The number of aliphatic hydroxyl groups is 1. The van der Waals surface area contributed by atoms with Gasteiger partial charge < -0.3 is 24.2 Å². The summed E-state index contributed by atoms with van der Waals surface area (Å²) in [7, 11) is -4.76. The van der Waals surface area contributed by atoms with E-state index < -0.39 is 57.8 Å². The van der Waals surface area contributed by atoms with Gasteiger partial charge in [0.05, 0.1) is 19.8 Å². The van der Waals surface area contributed by atoms with Crippen LogP contribution in [0.5, 0.6) is 0 Å². The fraction of sp³-hybridized carbons (Fsp3) is 0.790. The van der Waals surface area contributed by atoms with Crippen LogP contribution in [-0.2, 0) is 42.2 Å². The second kappa shape index (κ2) is 56.4. The number of carbonyl (C=O) groups excluding carboxylic acids is 3. The minimum Gasteiger partial charge on any atom is -0.462 e. The summed E-state index contributed by atoms with van der Waals surface area (Å²) in [5.41, 5.74) is 0. The monoisotopic (exact) mass is 1060 g/mol. The van der Waals surface area contributed by atoms with Gasteiger partial charge in [-0.1, -0.05) is 210 Å². The van der Waals surface area contributed by atoms with E-state index in [2.05, 4.69) is 81.5 Å². The van der Waals surface area contributed by atoms with Crippen molar-refractivity contribution in [2.75, 3.05) is 26.4 Å². The Hall–Kier alpha value is -2.82. The fourth-order valence-corrected chi connectivity index (χ4v) is 9.02. The first-order valence-electron chi connectivity index (χ1n) is 30.2. The summed E-state index contributed by atoms with van der Waals surface area (Å²) in [6.07, 6.45) is 61.6. The van der Waals surface area contributed by atoms with Crippen molar-refractivity contribution in [2.45, 2.75) is 290 Å². The third kappa shape index (κ3) is 54.0. The lowest BCUT2D eigenvalue weighted by molar-refractivity contribution is -0.161. The molecule has 0 heterocycles. The highest BCUT2D eigenvalue weighted by molar-refractivity contribution is 7.47. The molecule has 3 unspecified atom stereocenters. The molecule has 3 atom stereocenters. The van der Waals surface area contributed by atoms with E-state index in [0.29, 0.717) is 19.3 Å². The molecule has 0 fully saturated rings. The summed E-state index contributed by atoms with van der Waals surface area (Å²) >= 11 is 0. The van der Waals surface area contributed by atoms with Crippen molar-refractivity contribution >= 4 is 25.7 Å². The Morgan fingerprint density at radius 2 is 0.662 bits per heavy atom. The lowest BCUT2D eigenvalue weighted by Gasteiger charge is -2.21. The van der Waals surface area contributed by atoms with Crippen molar-refractivity contribution in [1.82, 2.24) is 0 Å². The molecule has 11 nitrogen and oxygen atoms in total. The molecule has 0 aliphatic rings. The zero-order valence-electron chi connectivity index (χ0n) is 47.6. The topological polar surface area (TPSA) is 155 Å². The van der Waals surface area contributed by atoms with Gasteiger partial charge in [0, 0.05) is 19.3 Å². The van der Waals surface area contributed by atoms with Gasteiger partial charge in [0.15, 0.2) is 6.10 Å². The number of esters is 3. The Morgan fingerprint density at radius 3 is 1.04 bits per heavy atom. The van der Waals surface area contributed by atoms with Crippen LogP contribution in [0.2, 0.25) is 0 Å². The molecule has 0 radical (unpaired) electrons. The van der Waals surface area contributed by atoms with Gasteiger partial charge in [0.2, 0.25) is 0 Å². The van der Waals surface area contributed by atoms with Crippen molar-refractivity contribution in [3.63, 3.8) is 0 Å². The maximum Gasteiger partial charge on any atom is 0.472 e. The average molecular weight is 1060 g/mol. The highest BCUT2D eigenvalue weighted by Gasteiger charge is 2.28. The van der Waals surface area contributed by atoms with E-state index in [1.54, 1.807) is 0 Å². The van der Waals surface area contributed by atoms with Crippen LogP contribution in [-0.4, -0.2) is 66.5 Å². The zero-order valence-corrected chi connectivity index (χ0v) is 48.5. The molecule has 2 N–H and O–H groups in total. The Balaban J connectivity index is 4.74. The summed E-state index contributed by atoms with van der Waals surface area (Å²) in [5.74, 6) is -1.49. The second-order valence-corrected chi connectivity index (χ2v) is 21.6. The number of aliphatic hydroxyl groups excluding tert-OH is 1. The first-order chi connectivity index (χ1) is 36.2. The predicted molar refractivity (Wildman–Crippen MR) is 307 cm³/mol. The van der Waals surface area contributed by atoms with Gasteiger partial charge >= 0.3 is 25.7 Å². The van der Waals surface area contributed by atoms with E-state index in [4.69, 9.17) is 23.3 Å². The summed E-state index contributed by atoms with van der Waals surface area (Å²) in [6.45, 7) is 4.58. The van der Waals surface area contributed by atoms with E-state index in [1.807, 2.05) is 0 Å². The third-order valence-corrected chi connectivity index (χ3v) is 13.8. The molecule has 0 saturated heterocycles. The average Bonchev–Trinajstić information content (AvgIpc) is 3.39. The minimum atomic E-state index is -4.76. The second-order valence-electron chi connectivity index (χ2n) is 20.2. The maximum absolute atomic E-state index is 12.9. The van der Waals surface area contributed by atoms with Crippen molar-refractivity contribution in [3.05, 3.63) is 60.8 Å². The highest BCUT2D eigenvalue weighted by Crippen LogP contribution is 2.43. The molecular formula is C62H111O11P. The van der Waals surface area contributed by atoms with E-state index >= 15 is 0 Å². The van der Waals surface area contributed by atoms with Crippen LogP contribution in [0.3, 0.4) is 0 Å². The van der Waals surface area contributed by atoms with Gasteiger partial charge in [-0.3, -0.25) is 23.4 Å². The van der Waals surface area contributed by atoms with Gasteiger partial charge in [-0.15, -0.1) is 0 Å². The molecule has 0 saturated carbocycles. The largest absolute Gasteiger partial charge is 0.472 e. The molecule has 430 valence electrons. The molecule has 12 heteroatoms. The summed E-state index contributed by atoms with van der Waals surface area (Å²) in [6, 6.07) is 0. The normalized spacial score (nSPS) is 13.7. The molecule has 0 aromatic heterocycles. The third-order valence-electron chi connectivity index (χ3n) is 12.9. The number of ether oxygens (including phenoxy) is 3. The van der Waals surface area contributed by atoms with Crippen LogP contribution >= 0.6 is 7.82 Å². The van der Waals surface area contributed by atoms with Gasteiger partial charge in [0.1, 0.15) is 12.7 Å². The first-order valence-corrected chi connectivity index (χ1v) is 31.7. The van der Waals surface area contributed by atoms with Crippen LogP contribution in [0.1, 0.15) is 278 Å². The molecule has 0 amide bonds. The number of allylic oxidation sites excluding steroid dienone is 10. The van der Waals surface area contributed by atoms with Crippen molar-refractivity contribution in [1.29, 1.82) is 0 Å². The Kier molecular flexibility index (Phi) is 54.2. The molecule has 74 heavy (non-hydrogen) atoms. The van der Waals surface area contributed by atoms with Gasteiger partial charge in [0.25, 0.3) is 0 Å². The number of phosphoric ester groups is 1. The molecule has 0 rings (SSSR count). The molecule has 0 aromatic carbocycles. The first kappa shape index (κ1) is 71.2. The molecule has 0 aromatic rings. The minimum absolute atomic E-state index is 0.155. The summed E-state index contributed by atoms with van der Waals surface area (Å²) in [5, 5.41) is 9.82. The van der Waals surface area contributed by atoms with Crippen LogP contribution in [0.25, 0.3) is 0 Å². The zero-order chi connectivity index (χ0) is 54.1. The SMILES string of the molecule is CCCCC/C=C\C/C=C\CCCCCCCCCC(=O)OC(COC(=O)CCCCCCC/C=C\C/C=C\CCCCC)COP(=O)(O)OCC(CO)OC(=O)CCCCCCC/C=C\CCCCCCCC. The number of phosphoric acid groups is 1. The Bertz CT molecular complexity index is 1470. The summed E-state index contributed by atoms with van der Waals surface area (Å²) < 4.78 is 39.6. The molecule has 0 bridgehead atoms. The van der Waals surface area contributed by atoms with Crippen LogP contribution in [0, 0.1) is 0 Å². The maximum atomic E-state index is 12.9. The van der Waals surface area contributed by atoms with Gasteiger partial charge in [-0.25, -0.2) is 4.57 Å². The molecule has 0 aliphatic heterocycles. The Morgan fingerprint density at radius 1 is 0.378 bits per heavy atom. The van der Waals surface area contributed by atoms with Crippen molar-refractivity contribution in [3.8, 4) is 0 Å². The predicted octanol–water partition coefficient (Wildman–Crippen LogP) is 17.9. The van der Waals surface area contributed by atoms with Crippen LogP contribution in [0.15, 0.2) is 60.8 Å². The van der Waals surface area contributed by atoms with Gasteiger partial charge in [-0.2, -0.15) is 0 Å². The lowest BCUT2D eigenvalue weighted by Crippen LogP contribution is -2.30.